The van der Waals surface area contributed by atoms with E-state index in [-0.39, 0.29) is 0 Å². The van der Waals surface area contributed by atoms with Crippen molar-refractivity contribution in [2.75, 3.05) is 0 Å². The fourth-order valence-corrected chi connectivity index (χ4v) is 2.71. The van der Waals surface area contributed by atoms with Crippen LogP contribution in [-0.2, 0) is 0 Å². The minimum Gasteiger partial charge on any atom is -0.339 e. The predicted molar refractivity (Wildman–Crippen MR) is 83.8 cm³/mol. The Labute approximate surface area is 117 Å². The number of rotatable bonds is 1. The largest absolute Gasteiger partial charge is 0.339 e. The number of hydrogen-bond acceptors (Lipinski definition) is 1. The summed E-state index contributed by atoms with van der Waals surface area (Å²) in [6.07, 6.45) is 1.94. The Morgan fingerprint density at radius 3 is 2.65 bits per heavy atom. The highest BCUT2D eigenvalue weighted by Crippen LogP contribution is 2.28. The van der Waals surface area contributed by atoms with E-state index in [1.165, 1.54) is 21.9 Å². The van der Waals surface area contributed by atoms with Gasteiger partial charge in [-0.2, -0.15) is 0 Å². The van der Waals surface area contributed by atoms with Crippen LogP contribution in [0, 0.1) is 6.92 Å². The SMILES string of the molecule is Cc1cccc(-c2cnc3[nH]c4ccccc4c3c2)c1. The lowest BCUT2D eigenvalue weighted by Gasteiger charge is -2.02. The van der Waals surface area contributed by atoms with Crippen molar-refractivity contribution in [3.63, 3.8) is 0 Å². The topological polar surface area (TPSA) is 28.7 Å². The Morgan fingerprint density at radius 2 is 1.75 bits per heavy atom. The molecule has 0 radical (unpaired) electrons. The van der Waals surface area contributed by atoms with Crippen LogP contribution in [0.3, 0.4) is 0 Å². The number of nitrogens with zero attached hydrogens (tertiary/aromatic N) is 1. The van der Waals surface area contributed by atoms with Crippen LogP contribution in [-0.4, -0.2) is 9.97 Å². The molecule has 96 valence electrons. The fourth-order valence-electron chi connectivity index (χ4n) is 2.71. The van der Waals surface area contributed by atoms with E-state index in [1.54, 1.807) is 0 Å². The van der Waals surface area contributed by atoms with Gasteiger partial charge in [0.2, 0.25) is 0 Å². The van der Waals surface area contributed by atoms with Gasteiger partial charge in [0.1, 0.15) is 5.65 Å². The van der Waals surface area contributed by atoms with Crippen LogP contribution in [0.25, 0.3) is 33.1 Å². The maximum Gasteiger partial charge on any atom is 0.138 e. The van der Waals surface area contributed by atoms with Crippen LogP contribution in [0.2, 0.25) is 0 Å². The van der Waals surface area contributed by atoms with Crippen molar-refractivity contribution in [2.24, 2.45) is 0 Å². The van der Waals surface area contributed by atoms with Crippen molar-refractivity contribution in [1.29, 1.82) is 0 Å². The molecule has 4 aromatic rings. The summed E-state index contributed by atoms with van der Waals surface area (Å²) in [5.41, 5.74) is 5.72. The monoisotopic (exact) mass is 258 g/mol. The third-order valence-corrected chi connectivity index (χ3v) is 3.71. The van der Waals surface area contributed by atoms with Gasteiger partial charge in [0, 0.05) is 28.0 Å². The number of H-pyrrole nitrogens is 1. The highest BCUT2D eigenvalue weighted by Gasteiger charge is 2.06. The number of para-hydroxylation sites is 1. The van der Waals surface area contributed by atoms with Crippen molar-refractivity contribution < 1.29 is 0 Å². The first-order valence-electron chi connectivity index (χ1n) is 6.75. The van der Waals surface area contributed by atoms with E-state index in [0.717, 1.165) is 16.7 Å². The molecule has 2 heteroatoms. The Hall–Kier alpha value is -2.61. The maximum absolute atomic E-state index is 4.57. The van der Waals surface area contributed by atoms with Gasteiger partial charge in [-0.15, -0.1) is 0 Å². The second-order valence-corrected chi connectivity index (χ2v) is 5.16. The Bertz CT molecular complexity index is 919. The number of aromatic nitrogens is 2. The molecule has 0 aliphatic heterocycles. The Morgan fingerprint density at radius 1 is 0.850 bits per heavy atom. The average Bonchev–Trinajstić information content (AvgIpc) is 2.85. The van der Waals surface area contributed by atoms with E-state index in [4.69, 9.17) is 0 Å². The molecule has 1 N–H and O–H groups in total. The van der Waals surface area contributed by atoms with Gasteiger partial charge in [0.25, 0.3) is 0 Å². The van der Waals surface area contributed by atoms with Gasteiger partial charge in [0.15, 0.2) is 0 Å². The molecule has 0 unspecified atom stereocenters. The molecule has 0 fully saturated rings. The van der Waals surface area contributed by atoms with Gasteiger partial charge < -0.3 is 4.98 Å². The predicted octanol–water partition coefficient (Wildman–Crippen LogP) is 4.69. The summed E-state index contributed by atoms with van der Waals surface area (Å²) >= 11 is 0. The van der Waals surface area contributed by atoms with Gasteiger partial charge in [-0.05, 0) is 24.6 Å². The zero-order valence-corrected chi connectivity index (χ0v) is 11.2. The average molecular weight is 258 g/mol. The lowest BCUT2D eigenvalue weighted by Crippen LogP contribution is -1.82. The van der Waals surface area contributed by atoms with E-state index in [9.17, 15) is 0 Å². The molecule has 4 rings (SSSR count). The maximum atomic E-state index is 4.57. The first kappa shape index (κ1) is 11.2. The number of benzene rings is 2. The third kappa shape index (κ3) is 1.69. The Kier molecular flexibility index (Phi) is 2.36. The molecule has 0 saturated carbocycles. The summed E-state index contributed by atoms with van der Waals surface area (Å²) in [6.45, 7) is 2.11. The van der Waals surface area contributed by atoms with E-state index < -0.39 is 0 Å². The van der Waals surface area contributed by atoms with Gasteiger partial charge in [-0.25, -0.2) is 4.98 Å². The molecule has 2 heterocycles. The molecule has 0 aliphatic carbocycles. The van der Waals surface area contributed by atoms with Crippen LogP contribution < -0.4 is 0 Å². The highest BCUT2D eigenvalue weighted by molar-refractivity contribution is 6.06. The van der Waals surface area contributed by atoms with Crippen molar-refractivity contribution in [1.82, 2.24) is 9.97 Å². The van der Waals surface area contributed by atoms with Crippen LogP contribution in [0.15, 0.2) is 60.8 Å². The van der Waals surface area contributed by atoms with Crippen molar-refractivity contribution in [2.45, 2.75) is 6.92 Å². The molecule has 0 spiro atoms. The molecule has 20 heavy (non-hydrogen) atoms. The van der Waals surface area contributed by atoms with E-state index in [1.807, 2.05) is 12.3 Å². The zero-order valence-electron chi connectivity index (χ0n) is 11.2. The molecule has 0 aliphatic rings. The normalized spacial score (nSPS) is 11.2. The second kappa shape index (κ2) is 4.20. The van der Waals surface area contributed by atoms with E-state index in [0.29, 0.717) is 0 Å². The minimum absolute atomic E-state index is 0.947. The number of hydrogen-bond donors (Lipinski definition) is 1. The minimum atomic E-state index is 0.947. The number of pyridine rings is 1. The fraction of sp³-hybridized carbons (Fsp3) is 0.0556. The molecular formula is C18H14N2. The lowest BCUT2D eigenvalue weighted by atomic mass is 10.0. The summed E-state index contributed by atoms with van der Waals surface area (Å²) in [7, 11) is 0. The molecule has 2 nitrogen and oxygen atoms in total. The molecule has 0 bridgehead atoms. The second-order valence-electron chi connectivity index (χ2n) is 5.16. The zero-order chi connectivity index (χ0) is 13.5. The van der Waals surface area contributed by atoms with E-state index >= 15 is 0 Å². The van der Waals surface area contributed by atoms with E-state index in [2.05, 4.69) is 65.4 Å². The summed E-state index contributed by atoms with van der Waals surface area (Å²) in [4.78, 5) is 7.93. The standard InChI is InChI=1S/C18H14N2/c1-12-5-4-6-13(9-12)14-10-16-15-7-2-3-8-17(15)20-18(16)19-11-14/h2-11H,1H3,(H,19,20). The number of nitrogens with one attached hydrogen (secondary N) is 1. The number of fused-ring (bicyclic) bond motifs is 3. The molecule has 0 amide bonds. The molecule has 0 saturated heterocycles. The lowest BCUT2D eigenvalue weighted by molar-refractivity contribution is 1.34. The van der Waals surface area contributed by atoms with Crippen LogP contribution in [0.4, 0.5) is 0 Å². The van der Waals surface area contributed by atoms with Crippen molar-refractivity contribution >= 4 is 21.9 Å². The van der Waals surface area contributed by atoms with Crippen LogP contribution >= 0.6 is 0 Å². The smallest absolute Gasteiger partial charge is 0.138 e. The van der Waals surface area contributed by atoms with Crippen molar-refractivity contribution in [3.05, 3.63) is 66.4 Å². The Balaban J connectivity index is 2.00. The summed E-state index contributed by atoms with van der Waals surface area (Å²) in [5.74, 6) is 0. The van der Waals surface area contributed by atoms with Gasteiger partial charge in [-0.3, -0.25) is 0 Å². The summed E-state index contributed by atoms with van der Waals surface area (Å²) in [6, 6.07) is 19.1. The summed E-state index contributed by atoms with van der Waals surface area (Å²) < 4.78 is 0. The molecule has 2 aromatic carbocycles. The molecule has 0 atom stereocenters. The first-order valence-corrected chi connectivity index (χ1v) is 6.75. The molecule has 2 aromatic heterocycles. The summed E-state index contributed by atoms with van der Waals surface area (Å²) in [5, 5.41) is 2.41. The first-order chi connectivity index (χ1) is 9.81. The van der Waals surface area contributed by atoms with Gasteiger partial charge in [0.05, 0.1) is 0 Å². The number of aryl methyl sites for hydroxylation is 1. The van der Waals surface area contributed by atoms with Gasteiger partial charge >= 0.3 is 0 Å². The molecular weight excluding hydrogens is 244 g/mol. The van der Waals surface area contributed by atoms with Crippen LogP contribution in [0.5, 0.6) is 0 Å². The van der Waals surface area contributed by atoms with Crippen LogP contribution in [0.1, 0.15) is 5.56 Å². The highest BCUT2D eigenvalue weighted by atomic mass is 14.8. The third-order valence-electron chi connectivity index (χ3n) is 3.71. The number of aromatic amines is 1. The van der Waals surface area contributed by atoms with Crippen molar-refractivity contribution in [3.8, 4) is 11.1 Å². The van der Waals surface area contributed by atoms with Gasteiger partial charge in [-0.1, -0.05) is 48.0 Å². The quantitative estimate of drug-likeness (QED) is 0.527.